The molecule has 2 heterocycles. The molecule has 2 N–H and O–H groups in total. The number of benzene rings is 1. The first-order valence-corrected chi connectivity index (χ1v) is 7.19. The van der Waals surface area contributed by atoms with Crippen molar-refractivity contribution in [1.29, 1.82) is 0 Å². The van der Waals surface area contributed by atoms with E-state index < -0.39 is 5.41 Å². The summed E-state index contributed by atoms with van der Waals surface area (Å²) in [4.78, 5) is 15.9. The summed E-state index contributed by atoms with van der Waals surface area (Å²) < 4.78 is 5.25. The Balaban J connectivity index is 1.97. The number of hydrogen-bond acceptors (Lipinski definition) is 3. The van der Waals surface area contributed by atoms with Crippen LogP contribution < -0.4 is 5.32 Å². The molecule has 3 rings (SSSR count). The van der Waals surface area contributed by atoms with Gasteiger partial charge in [0.2, 0.25) is 0 Å². The number of nitrogens with one attached hydrogen (secondary N) is 2. The van der Waals surface area contributed by atoms with E-state index in [9.17, 15) is 4.79 Å². The van der Waals surface area contributed by atoms with E-state index in [4.69, 9.17) is 3.07 Å². The standard InChI is InChI=1S/C14H15IN2O2/c15-19-9-14(4-6-16-8-14)13(18)11-1-2-12-10(7-11)3-5-17-12/h1-3,5,7,16-17H,4,6,8-9H2. The maximum Gasteiger partial charge on any atom is 0.172 e. The minimum absolute atomic E-state index is 0.178. The summed E-state index contributed by atoms with van der Waals surface area (Å²) in [6.45, 7) is 2.03. The molecule has 1 aliphatic heterocycles. The fourth-order valence-corrected chi connectivity index (χ4v) is 3.33. The Morgan fingerprint density at radius 2 is 2.32 bits per heavy atom. The van der Waals surface area contributed by atoms with Gasteiger partial charge in [0.25, 0.3) is 0 Å². The summed E-state index contributed by atoms with van der Waals surface area (Å²) in [6, 6.07) is 7.81. The minimum atomic E-state index is -0.412. The Morgan fingerprint density at radius 1 is 1.42 bits per heavy atom. The molecule has 0 bridgehead atoms. The van der Waals surface area contributed by atoms with Crippen LogP contribution in [0.2, 0.25) is 0 Å². The van der Waals surface area contributed by atoms with Gasteiger partial charge in [0.1, 0.15) is 23.0 Å². The number of aromatic amines is 1. The third-order valence-electron chi connectivity index (χ3n) is 3.87. The molecule has 1 aromatic heterocycles. The Morgan fingerprint density at radius 3 is 3.05 bits per heavy atom. The molecule has 1 atom stereocenters. The molecule has 1 aromatic carbocycles. The second kappa shape index (κ2) is 5.22. The van der Waals surface area contributed by atoms with Crippen LogP contribution in [-0.2, 0) is 3.07 Å². The van der Waals surface area contributed by atoms with Crippen LogP contribution in [0.5, 0.6) is 0 Å². The maximum absolute atomic E-state index is 12.8. The topological polar surface area (TPSA) is 54.1 Å². The molecule has 1 fully saturated rings. The van der Waals surface area contributed by atoms with E-state index >= 15 is 0 Å². The van der Waals surface area contributed by atoms with E-state index in [1.807, 2.05) is 53.5 Å². The monoisotopic (exact) mass is 370 g/mol. The summed E-state index contributed by atoms with van der Waals surface area (Å²) >= 11 is 1.87. The molecule has 100 valence electrons. The van der Waals surface area contributed by atoms with Crippen molar-refractivity contribution in [3.63, 3.8) is 0 Å². The first-order valence-electron chi connectivity index (χ1n) is 6.31. The van der Waals surface area contributed by atoms with Crippen LogP contribution in [0.15, 0.2) is 30.5 Å². The zero-order valence-electron chi connectivity index (χ0n) is 10.4. The van der Waals surface area contributed by atoms with Gasteiger partial charge in [0.05, 0.1) is 12.0 Å². The quantitative estimate of drug-likeness (QED) is 0.643. The fraction of sp³-hybridized carbons (Fsp3) is 0.357. The summed E-state index contributed by atoms with van der Waals surface area (Å²) in [7, 11) is 0. The van der Waals surface area contributed by atoms with Crippen LogP contribution in [0.4, 0.5) is 0 Å². The van der Waals surface area contributed by atoms with Crippen LogP contribution in [0.1, 0.15) is 16.8 Å². The Hall–Kier alpha value is -0.920. The molecular weight excluding hydrogens is 355 g/mol. The largest absolute Gasteiger partial charge is 0.361 e. The molecule has 0 saturated carbocycles. The van der Waals surface area contributed by atoms with Crippen molar-refractivity contribution in [3.8, 4) is 0 Å². The highest BCUT2D eigenvalue weighted by Gasteiger charge is 2.41. The Bertz CT molecular complexity index is 602. The lowest BCUT2D eigenvalue weighted by molar-refractivity contribution is 0.0757. The average molecular weight is 370 g/mol. The van der Waals surface area contributed by atoms with Crippen molar-refractivity contribution >= 4 is 39.7 Å². The van der Waals surface area contributed by atoms with E-state index in [1.165, 1.54) is 0 Å². The lowest BCUT2D eigenvalue weighted by Crippen LogP contribution is -2.37. The number of carbonyl (C=O) groups excluding carboxylic acids is 1. The molecule has 0 amide bonds. The molecule has 1 unspecified atom stereocenters. The predicted molar refractivity (Wildman–Crippen MR) is 82.5 cm³/mol. The second-order valence-electron chi connectivity index (χ2n) is 5.07. The molecule has 5 heteroatoms. The van der Waals surface area contributed by atoms with Gasteiger partial charge < -0.3 is 13.4 Å². The van der Waals surface area contributed by atoms with Gasteiger partial charge in [0.15, 0.2) is 5.78 Å². The van der Waals surface area contributed by atoms with Gasteiger partial charge in [-0.05, 0) is 37.2 Å². The zero-order valence-corrected chi connectivity index (χ0v) is 12.6. The number of Topliss-reactive ketones (excluding diaryl/α,β-unsaturated/α-hetero) is 1. The van der Waals surface area contributed by atoms with Gasteiger partial charge in [-0.25, -0.2) is 0 Å². The van der Waals surface area contributed by atoms with Crippen molar-refractivity contribution in [2.45, 2.75) is 6.42 Å². The van der Waals surface area contributed by atoms with Gasteiger partial charge >= 0.3 is 0 Å². The number of rotatable bonds is 4. The smallest absolute Gasteiger partial charge is 0.172 e. The number of halogens is 1. The minimum Gasteiger partial charge on any atom is -0.361 e. The van der Waals surface area contributed by atoms with Crippen LogP contribution in [0, 0.1) is 5.41 Å². The van der Waals surface area contributed by atoms with Crippen molar-refractivity contribution in [2.24, 2.45) is 5.41 Å². The van der Waals surface area contributed by atoms with Crippen LogP contribution >= 0.6 is 23.0 Å². The molecule has 1 aliphatic rings. The van der Waals surface area contributed by atoms with Crippen molar-refractivity contribution in [2.75, 3.05) is 19.7 Å². The number of carbonyl (C=O) groups is 1. The lowest BCUT2D eigenvalue weighted by Gasteiger charge is -2.25. The predicted octanol–water partition coefficient (Wildman–Crippen LogP) is 2.70. The summed E-state index contributed by atoms with van der Waals surface area (Å²) in [6.07, 6.45) is 2.72. The summed E-state index contributed by atoms with van der Waals surface area (Å²) in [5, 5.41) is 4.34. The molecule has 0 aliphatic carbocycles. The van der Waals surface area contributed by atoms with Gasteiger partial charge in [0, 0.05) is 29.2 Å². The summed E-state index contributed by atoms with van der Waals surface area (Å²) in [5.74, 6) is 0.178. The molecule has 4 nitrogen and oxygen atoms in total. The van der Waals surface area contributed by atoms with Crippen LogP contribution in [-0.4, -0.2) is 30.5 Å². The molecule has 2 aromatic rings. The molecule has 0 spiro atoms. The van der Waals surface area contributed by atoms with Gasteiger partial charge in [-0.3, -0.25) is 4.79 Å². The number of ketones is 1. The van der Waals surface area contributed by atoms with Crippen molar-refractivity contribution in [1.82, 2.24) is 10.3 Å². The molecule has 0 radical (unpaired) electrons. The van der Waals surface area contributed by atoms with E-state index in [0.717, 1.165) is 29.4 Å². The number of aromatic nitrogens is 1. The SMILES string of the molecule is O=C(c1ccc2[nH]ccc2c1)C1(COI)CCNC1. The Kier molecular flexibility index (Phi) is 3.60. The van der Waals surface area contributed by atoms with E-state index in [1.54, 1.807) is 0 Å². The third kappa shape index (κ3) is 2.30. The zero-order chi connectivity index (χ0) is 13.3. The number of fused-ring (bicyclic) bond motifs is 1. The third-order valence-corrected chi connectivity index (χ3v) is 4.18. The average Bonchev–Trinajstić information content (AvgIpc) is 3.06. The first-order chi connectivity index (χ1) is 9.25. The van der Waals surface area contributed by atoms with Crippen LogP contribution in [0.25, 0.3) is 10.9 Å². The highest BCUT2D eigenvalue weighted by molar-refractivity contribution is 14.1. The van der Waals surface area contributed by atoms with Gasteiger partial charge in [-0.2, -0.15) is 0 Å². The second-order valence-corrected chi connectivity index (χ2v) is 5.69. The number of H-pyrrole nitrogens is 1. The maximum atomic E-state index is 12.8. The van der Waals surface area contributed by atoms with Gasteiger partial charge in [-0.15, -0.1) is 0 Å². The van der Waals surface area contributed by atoms with Crippen molar-refractivity contribution in [3.05, 3.63) is 36.0 Å². The fourth-order valence-electron chi connectivity index (χ4n) is 2.73. The summed E-state index contributed by atoms with van der Waals surface area (Å²) in [5.41, 5.74) is 1.41. The first kappa shape index (κ1) is 13.1. The lowest BCUT2D eigenvalue weighted by atomic mass is 9.80. The van der Waals surface area contributed by atoms with E-state index in [0.29, 0.717) is 13.2 Å². The molecular formula is C14H15IN2O2. The van der Waals surface area contributed by atoms with E-state index in [2.05, 4.69) is 10.3 Å². The Labute approximate surface area is 125 Å². The normalized spacial score (nSPS) is 23.0. The van der Waals surface area contributed by atoms with Crippen LogP contribution in [0.3, 0.4) is 0 Å². The van der Waals surface area contributed by atoms with Gasteiger partial charge in [-0.1, -0.05) is 0 Å². The number of hydrogen-bond donors (Lipinski definition) is 2. The van der Waals surface area contributed by atoms with Crippen molar-refractivity contribution < 1.29 is 7.86 Å². The van der Waals surface area contributed by atoms with E-state index in [-0.39, 0.29) is 5.78 Å². The highest BCUT2D eigenvalue weighted by atomic mass is 127. The molecule has 19 heavy (non-hydrogen) atoms. The highest BCUT2D eigenvalue weighted by Crippen LogP contribution is 2.32. The molecule has 1 saturated heterocycles.